The van der Waals surface area contributed by atoms with Gasteiger partial charge in [-0.3, -0.25) is 0 Å². The minimum Gasteiger partial charge on any atom is -0.508 e. The van der Waals surface area contributed by atoms with Crippen LogP contribution in [0.4, 0.5) is 0 Å². The predicted octanol–water partition coefficient (Wildman–Crippen LogP) is 6.70. The molecule has 3 rings (SSSR count). The van der Waals surface area contributed by atoms with Gasteiger partial charge < -0.3 is 5.11 Å². The van der Waals surface area contributed by atoms with Crippen molar-refractivity contribution in [2.45, 2.75) is 52.4 Å². The van der Waals surface area contributed by atoms with E-state index in [1.54, 1.807) is 0 Å². The molecule has 0 aliphatic carbocycles. The summed E-state index contributed by atoms with van der Waals surface area (Å²) in [4.78, 5) is 0. The van der Waals surface area contributed by atoms with Crippen LogP contribution < -0.4 is 0 Å². The monoisotopic (exact) mass is 358 g/mol. The Kier molecular flexibility index (Phi) is 6.01. The second kappa shape index (κ2) is 8.43. The molecule has 3 aromatic rings. The van der Waals surface area contributed by atoms with Gasteiger partial charge in [0, 0.05) is 0 Å². The Morgan fingerprint density at radius 2 is 1.19 bits per heavy atom. The van der Waals surface area contributed by atoms with Crippen molar-refractivity contribution in [1.29, 1.82) is 0 Å². The van der Waals surface area contributed by atoms with E-state index in [0.29, 0.717) is 17.6 Å². The van der Waals surface area contributed by atoms with Crippen molar-refractivity contribution in [3.05, 3.63) is 100 Å². The van der Waals surface area contributed by atoms with Crippen molar-refractivity contribution in [1.82, 2.24) is 0 Å². The number of rotatable bonds is 6. The summed E-state index contributed by atoms with van der Waals surface area (Å²) in [5.41, 5.74) is 7.74. The number of hydrogen-bond acceptors (Lipinski definition) is 1. The van der Waals surface area contributed by atoms with Gasteiger partial charge in [-0.25, -0.2) is 0 Å². The van der Waals surface area contributed by atoms with E-state index in [0.717, 1.165) is 18.4 Å². The lowest BCUT2D eigenvalue weighted by Crippen LogP contribution is -2.07. The van der Waals surface area contributed by atoms with Gasteiger partial charge in [-0.1, -0.05) is 74.5 Å². The lowest BCUT2D eigenvalue weighted by atomic mass is 9.84. The zero-order valence-corrected chi connectivity index (χ0v) is 16.9. The molecule has 140 valence electrons. The predicted molar refractivity (Wildman–Crippen MR) is 115 cm³/mol. The number of hydrogen-bond donors (Lipinski definition) is 1. The minimum absolute atomic E-state index is 0.368. The average molecular weight is 359 g/mol. The first-order valence-corrected chi connectivity index (χ1v) is 9.88. The van der Waals surface area contributed by atoms with Crippen molar-refractivity contribution in [2.75, 3.05) is 0 Å². The van der Waals surface area contributed by atoms with Crippen LogP contribution in [0.2, 0.25) is 0 Å². The molecule has 0 aliphatic heterocycles. The van der Waals surface area contributed by atoms with Crippen molar-refractivity contribution >= 4 is 0 Å². The van der Waals surface area contributed by atoms with Gasteiger partial charge in [0.25, 0.3) is 0 Å². The molecule has 1 heteroatoms. The normalized spacial score (nSPS) is 13.3. The average Bonchev–Trinajstić information content (AvgIpc) is 2.65. The van der Waals surface area contributed by atoms with Gasteiger partial charge in [0.2, 0.25) is 0 Å². The third-order valence-electron chi connectivity index (χ3n) is 5.72. The summed E-state index contributed by atoms with van der Waals surface area (Å²) in [6, 6.07) is 23.1. The summed E-state index contributed by atoms with van der Waals surface area (Å²) in [5, 5.41) is 10.6. The summed E-state index contributed by atoms with van der Waals surface area (Å²) >= 11 is 0. The Bertz CT molecular complexity index is 910. The Balaban J connectivity index is 1.87. The summed E-state index contributed by atoms with van der Waals surface area (Å²) in [6.45, 7) is 8.87. The van der Waals surface area contributed by atoms with Crippen LogP contribution in [0.1, 0.15) is 59.1 Å². The lowest BCUT2D eigenvalue weighted by Gasteiger charge is -2.21. The fourth-order valence-electron chi connectivity index (χ4n) is 4.18. The Labute approximate surface area is 163 Å². The van der Waals surface area contributed by atoms with E-state index in [4.69, 9.17) is 0 Å². The topological polar surface area (TPSA) is 20.2 Å². The highest BCUT2D eigenvalue weighted by molar-refractivity contribution is 5.43. The van der Waals surface area contributed by atoms with E-state index in [1.165, 1.54) is 27.8 Å². The zero-order chi connectivity index (χ0) is 19.4. The second-order valence-corrected chi connectivity index (χ2v) is 7.84. The van der Waals surface area contributed by atoms with Crippen molar-refractivity contribution in [3.63, 3.8) is 0 Å². The molecule has 0 spiro atoms. The maximum atomic E-state index is 10.6. The standard InChI is InChI=1S/C26H30O/c1-18-10-5-7-13-23(18)20(3)16-22-12-9-15-26(27)25(22)17-21(4)24-14-8-6-11-19(24)2/h5-15,20-21,27H,16-17H2,1-4H3. The van der Waals surface area contributed by atoms with Crippen LogP contribution in [0.3, 0.4) is 0 Å². The number of phenolic OH excluding ortho intramolecular Hbond substituents is 1. The summed E-state index contributed by atoms with van der Waals surface area (Å²) in [7, 11) is 0. The third-order valence-corrected chi connectivity index (χ3v) is 5.72. The number of aromatic hydroxyl groups is 1. The van der Waals surface area contributed by atoms with E-state index in [9.17, 15) is 5.11 Å². The smallest absolute Gasteiger partial charge is 0.119 e. The molecular weight excluding hydrogens is 328 g/mol. The summed E-state index contributed by atoms with van der Waals surface area (Å²) in [6.07, 6.45) is 1.79. The molecule has 0 bridgehead atoms. The van der Waals surface area contributed by atoms with Gasteiger partial charge in [-0.05, 0) is 78.0 Å². The third kappa shape index (κ3) is 4.42. The highest BCUT2D eigenvalue weighted by Crippen LogP contribution is 2.33. The van der Waals surface area contributed by atoms with Crippen molar-refractivity contribution in [3.8, 4) is 5.75 Å². The molecule has 1 nitrogen and oxygen atoms in total. The van der Waals surface area contributed by atoms with Gasteiger partial charge in [-0.15, -0.1) is 0 Å². The van der Waals surface area contributed by atoms with Gasteiger partial charge in [0.15, 0.2) is 0 Å². The van der Waals surface area contributed by atoms with Crippen LogP contribution in [0.15, 0.2) is 66.7 Å². The number of phenols is 1. The first kappa shape index (κ1) is 19.2. The molecule has 27 heavy (non-hydrogen) atoms. The van der Waals surface area contributed by atoms with E-state index >= 15 is 0 Å². The first-order chi connectivity index (χ1) is 13.0. The molecule has 0 saturated carbocycles. The van der Waals surface area contributed by atoms with Crippen LogP contribution in [0.25, 0.3) is 0 Å². The quantitative estimate of drug-likeness (QED) is 0.520. The van der Waals surface area contributed by atoms with Crippen LogP contribution in [0, 0.1) is 13.8 Å². The molecule has 2 unspecified atom stereocenters. The number of aryl methyl sites for hydroxylation is 2. The van der Waals surface area contributed by atoms with Crippen LogP contribution in [0.5, 0.6) is 5.75 Å². The fourth-order valence-corrected chi connectivity index (χ4v) is 4.18. The van der Waals surface area contributed by atoms with E-state index in [-0.39, 0.29) is 0 Å². The maximum Gasteiger partial charge on any atom is 0.119 e. The Morgan fingerprint density at radius 1 is 0.667 bits per heavy atom. The van der Waals surface area contributed by atoms with Crippen molar-refractivity contribution in [2.24, 2.45) is 0 Å². The SMILES string of the molecule is Cc1ccccc1C(C)Cc1cccc(O)c1CC(C)c1ccccc1C. The molecule has 3 aromatic carbocycles. The van der Waals surface area contributed by atoms with Crippen molar-refractivity contribution < 1.29 is 5.11 Å². The van der Waals surface area contributed by atoms with E-state index < -0.39 is 0 Å². The molecule has 0 heterocycles. The molecule has 0 radical (unpaired) electrons. The number of benzene rings is 3. The van der Waals surface area contributed by atoms with Gasteiger partial charge in [0.05, 0.1) is 0 Å². The second-order valence-electron chi connectivity index (χ2n) is 7.84. The van der Waals surface area contributed by atoms with E-state index in [2.05, 4.69) is 82.3 Å². The minimum atomic E-state index is 0.368. The summed E-state index contributed by atoms with van der Waals surface area (Å²) in [5.74, 6) is 1.21. The highest BCUT2D eigenvalue weighted by atomic mass is 16.3. The van der Waals surface area contributed by atoms with E-state index in [1.807, 2.05) is 12.1 Å². The first-order valence-electron chi connectivity index (χ1n) is 9.88. The Hall–Kier alpha value is -2.54. The zero-order valence-electron chi connectivity index (χ0n) is 16.9. The van der Waals surface area contributed by atoms with Gasteiger partial charge in [-0.2, -0.15) is 0 Å². The lowest BCUT2D eigenvalue weighted by molar-refractivity contribution is 0.464. The molecule has 0 amide bonds. The molecule has 0 aliphatic rings. The summed E-state index contributed by atoms with van der Waals surface area (Å²) < 4.78 is 0. The van der Waals surface area contributed by atoms with Crippen LogP contribution in [-0.4, -0.2) is 5.11 Å². The molecule has 0 aromatic heterocycles. The molecule has 2 atom stereocenters. The molecule has 0 saturated heterocycles. The van der Waals surface area contributed by atoms with Crippen LogP contribution in [-0.2, 0) is 12.8 Å². The van der Waals surface area contributed by atoms with Crippen LogP contribution >= 0.6 is 0 Å². The van der Waals surface area contributed by atoms with Gasteiger partial charge >= 0.3 is 0 Å². The largest absolute Gasteiger partial charge is 0.508 e. The highest BCUT2D eigenvalue weighted by Gasteiger charge is 2.17. The molecule has 0 fully saturated rings. The Morgan fingerprint density at radius 3 is 1.74 bits per heavy atom. The van der Waals surface area contributed by atoms with Gasteiger partial charge in [0.1, 0.15) is 5.75 Å². The molecular formula is C26H30O. The molecule has 1 N–H and O–H groups in total. The fraction of sp³-hybridized carbons (Fsp3) is 0.308. The maximum absolute atomic E-state index is 10.6.